The predicted molar refractivity (Wildman–Crippen MR) is 94.3 cm³/mol. The lowest BCUT2D eigenvalue weighted by Crippen LogP contribution is -2.21. The van der Waals surface area contributed by atoms with Crippen LogP contribution in [-0.4, -0.2) is 38.2 Å². The monoisotopic (exact) mass is 357 g/mol. The molecule has 2 aromatic rings. The van der Waals surface area contributed by atoms with Gasteiger partial charge in [-0.15, -0.1) is 0 Å². The standard InChI is InChI=1S/C19H19NO6/c1-3-25-18(22)13-8-10-14(11-9-13)20-17(21)12-26-19(23)15-6-4-5-7-16(15)24-2/h4-11H,3,12H2,1-2H3,(H,20,21). The zero-order valence-electron chi connectivity index (χ0n) is 14.5. The first-order valence-electron chi connectivity index (χ1n) is 7.92. The number of hydrogen-bond donors (Lipinski definition) is 1. The van der Waals surface area contributed by atoms with E-state index in [1.54, 1.807) is 43.3 Å². The van der Waals surface area contributed by atoms with E-state index in [1.807, 2.05) is 0 Å². The minimum absolute atomic E-state index is 0.238. The lowest BCUT2D eigenvalue weighted by Gasteiger charge is -2.09. The van der Waals surface area contributed by atoms with Gasteiger partial charge in [-0.3, -0.25) is 4.79 Å². The summed E-state index contributed by atoms with van der Waals surface area (Å²) in [7, 11) is 1.44. The molecule has 2 aromatic carbocycles. The van der Waals surface area contributed by atoms with Crippen LogP contribution in [0.25, 0.3) is 0 Å². The molecule has 0 atom stereocenters. The molecule has 0 aromatic heterocycles. The first-order valence-corrected chi connectivity index (χ1v) is 7.92. The Kier molecular flexibility index (Phi) is 6.73. The Bertz CT molecular complexity index is 785. The number of methoxy groups -OCH3 is 1. The Morgan fingerprint density at radius 3 is 2.27 bits per heavy atom. The fraction of sp³-hybridized carbons (Fsp3) is 0.211. The summed E-state index contributed by atoms with van der Waals surface area (Å²) in [5, 5.41) is 2.58. The molecule has 136 valence electrons. The van der Waals surface area contributed by atoms with Crippen LogP contribution in [0.4, 0.5) is 5.69 Å². The summed E-state index contributed by atoms with van der Waals surface area (Å²) in [5.74, 6) is -1.23. The molecule has 26 heavy (non-hydrogen) atoms. The highest BCUT2D eigenvalue weighted by molar-refractivity contribution is 5.97. The molecule has 0 aliphatic heterocycles. The molecular weight excluding hydrogens is 338 g/mol. The van der Waals surface area contributed by atoms with Crippen molar-refractivity contribution in [1.29, 1.82) is 0 Å². The Balaban J connectivity index is 1.88. The highest BCUT2D eigenvalue weighted by Crippen LogP contribution is 2.18. The number of carbonyl (C=O) groups is 3. The third-order valence-corrected chi connectivity index (χ3v) is 3.34. The van der Waals surface area contributed by atoms with Crippen LogP contribution in [0.2, 0.25) is 0 Å². The normalized spacial score (nSPS) is 9.92. The first-order chi connectivity index (χ1) is 12.5. The van der Waals surface area contributed by atoms with Crippen LogP contribution in [0.3, 0.4) is 0 Å². The van der Waals surface area contributed by atoms with E-state index < -0.39 is 24.5 Å². The summed E-state index contributed by atoms with van der Waals surface area (Å²) in [4.78, 5) is 35.5. The average molecular weight is 357 g/mol. The van der Waals surface area contributed by atoms with Crippen molar-refractivity contribution < 1.29 is 28.6 Å². The highest BCUT2D eigenvalue weighted by Gasteiger charge is 2.15. The quantitative estimate of drug-likeness (QED) is 0.766. The van der Waals surface area contributed by atoms with Gasteiger partial charge in [0.2, 0.25) is 0 Å². The molecule has 0 heterocycles. The number of benzene rings is 2. The number of para-hydroxylation sites is 1. The number of esters is 2. The van der Waals surface area contributed by atoms with Gasteiger partial charge in [0.25, 0.3) is 5.91 Å². The second kappa shape index (κ2) is 9.22. The summed E-state index contributed by atoms with van der Waals surface area (Å²) >= 11 is 0. The molecule has 2 rings (SSSR count). The van der Waals surface area contributed by atoms with Crippen LogP contribution < -0.4 is 10.1 Å². The molecule has 0 saturated heterocycles. The summed E-state index contributed by atoms with van der Waals surface area (Å²) in [6, 6.07) is 12.8. The molecule has 0 aliphatic rings. The number of amides is 1. The van der Waals surface area contributed by atoms with Gasteiger partial charge in [0.1, 0.15) is 11.3 Å². The number of anilines is 1. The Morgan fingerprint density at radius 2 is 1.62 bits per heavy atom. The van der Waals surface area contributed by atoms with Crippen molar-refractivity contribution in [2.75, 3.05) is 25.6 Å². The van der Waals surface area contributed by atoms with Gasteiger partial charge < -0.3 is 19.5 Å². The zero-order chi connectivity index (χ0) is 18.9. The third-order valence-electron chi connectivity index (χ3n) is 3.34. The van der Waals surface area contributed by atoms with E-state index in [2.05, 4.69) is 5.32 Å². The second-order valence-electron chi connectivity index (χ2n) is 5.12. The molecule has 1 N–H and O–H groups in total. The maximum atomic E-state index is 12.0. The van der Waals surface area contributed by atoms with Crippen LogP contribution in [-0.2, 0) is 14.3 Å². The molecule has 0 radical (unpaired) electrons. The molecule has 0 fully saturated rings. The fourth-order valence-electron chi connectivity index (χ4n) is 2.12. The van der Waals surface area contributed by atoms with E-state index in [1.165, 1.54) is 19.2 Å². The van der Waals surface area contributed by atoms with Crippen molar-refractivity contribution in [2.45, 2.75) is 6.92 Å². The second-order valence-corrected chi connectivity index (χ2v) is 5.12. The molecular formula is C19H19NO6. The van der Waals surface area contributed by atoms with Crippen molar-refractivity contribution in [3.8, 4) is 5.75 Å². The predicted octanol–water partition coefficient (Wildman–Crippen LogP) is 2.67. The van der Waals surface area contributed by atoms with Crippen LogP contribution in [0.15, 0.2) is 48.5 Å². The summed E-state index contributed by atoms with van der Waals surface area (Å²) < 4.78 is 15.0. The molecule has 7 nitrogen and oxygen atoms in total. The van der Waals surface area contributed by atoms with Gasteiger partial charge in [0.05, 0.1) is 19.3 Å². The van der Waals surface area contributed by atoms with Crippen molar-refractivity contribution in [3.05, 3.63) is 59.7 Å². The highest BCUT2D eigenvalue weighted by atomic mass is 16.5. The van der Waals surface area contributed by atoms with E-state index >= 15 is 0 Å². The van der Waals surface area contributed by atoms with Gasteiger partial charge in [0, 0.05) is 5.69 Å². The van der Waals surface area contributed by atoms with E-state index in [9.17, 15) is 14.4 Å². The summed E-state index contributed by atoms with van der Waals surface area (Å²) in [5.41, 5.74) is 1.09. The molecule has 1 amide bonds. The van der Waals surface area contributed by atoms with Gasteiger partial charge in [-0.1, -0.05) is 12.1 Å². The number of ether oxygens (including phenoxy) is 3. The van der Waals surface area contributed by atoms with E-state index in [0.717, 1.165) is 0 Å². The lowest BCUT2D eigenvalue weighted by molar-refractivity contribution is -0.119. The maximum absolute atomic E-state index is 12.0. The molecule has 0 aliphatic carbocycles. The number of nitrogens with one attached hydrogen (secondary N) is 1. The van der Waals surface area contributed by atoms with E-state index in [-0.39, 0.29) is 12.2 Å². The smallest absolute Gasteiger partial charge is 0.342 e. The molecule has 0 spiro atoms. The largest absolute Gasteiger partial charge is 0.496 e. The minimum atomic E-state index is -0.657. The van der Waals surface area contributed by atoms with E-state index in [4.69, 9.17) is 14.2 Å². The fourth-order valence-corrected chi connectivity index (χ4v) is 2.12. The number of hydrogen-bond acceptors (Lipinski definition) is 6. The van der Waals surface area contributed by atoms with E-state index in [0.29, 0.717) is 17.0 Å². The van der Waals surface area contributed by atoms with Crippen LogP contribution in [0.1, 0.15) is 27.6 Å². The van der Waals surface area contributed by atoms with Gasteiger partial charge in [-0.2, -0.15) is 0 Å². The van der Waals surface area contributed by atoms with Crippen LogP contribution >= 0.6 is 0 Å². The minimum Gasteiger partial charge on any atom is -0.496 e. The van der Waals surface area contributed by atoms with Crippen LogP contribution in [0.5, 0.6) is 5.75 Å². The van der Waals surface area contributed by atoms with Gasteiger partial charge in [-0.25, -0.2) is 9.59 Å². The Morgan fingerprint density at radius 1 is 0.923 bits per heavy atom. The van der Waals surface area contributed by atoms with Gasteiger partial charge >= 0.3 is 11.9 Å². The number of rotatable bonds is 7. The van der Waals surface area contributed by atoms with Crippen molar-refractivity contribution in [1.82, 2.24) is 0 Å². The topological polar surface area (TPSA) is 90.9 Å². The van der Waals surface area contributed by atoms with Crippen molar-refractivity contribution in [3.63, 3.8) is 0 Å². The average Bonchev–Trinajstić information content (AvgIpc) is 2.66. The maximum Gasteiger partial charge on any atom is 0.342 e. The third kappa shape index (κ3) is 5.07. The summed E-state index contributed by atoms with van der Waals surface area (Å²) in [6.45, 7) is 1.56. The molecule has 7 heteroatoms. The Hall–Kier alpha value is -3.35. The van der Waals surface area contributed by atoms with Crippen molar-refractivity contribution >= 4 is 23.5 Å². The van der Waals surface area contributed by atoms with Gasteiger partial charge in [-0.05, 0) is 43.3 Å². The molecule has 0 bridgehead atoms. The molecule has 0 unspecified atom stereocenters. The summed E-state index contributed by atoms with van der Waals surface area (Å²) in [6.07, 6.45) is 0. The SMILES string of the molecule is CCOC(=O)c1ccc(NC(=O)COC(=O)c2ccccc2OC)cc1. The Labute approximate surface area is 150 Å². The lowest BCUT2D eigenvalue weighted by atomic mass is 10.2. The first kappa shape index (κ1) is 19.0. The molecule has 0 saturated carbocycles. The zero-order valence-corrected chi connectivity index (χ0v) is 14.5. The van der Waals surface area contributed by atoms with Crippen LogP contribution in [0, 0.1) is 0 Å². The number of carbonyl (C=O) groups excluding carboxylic acids is 3. The van der Waals surface area contributed by atoms with Crippen molar-refractivity contribution in [2.24, 2.45) is 0 Å². The van der Waals surface area contributed by atoms with Gasteiger partial charge in [0.15, 0.2) is 6.61 Å².